The number of carbonyl (C=O) groups excluding carboxylic acids is 1. The first-order valence-corrected chi connectivity index (χ1v) is 6.39. The summed E-state index contributed by atoms with van der Waals surface area (Å²) < 4.78 is 5.65. The van der Waals surface area contributed by atoms with Crippen molar-refractivity contribution in [3.63, 3.8) is 0 Å². The van der Waals surface area contributed by atoms with Gasteiger partial charge in [0.15, 0.2) is 0 Å². The van der Waals surface area contributed by atoms with Crippen LogP contribution in [0.5, 0.6) is 0 Å². The van der Waals surface area contributed by atoms with Crippen LogP contribution in [0.4, 0.5) is 0 Å². The van der Waals surface area contributed by atoms with Gasteiger partial charge in [-0.05, 0) is 19.8 Å². The summed E-state index contributed by atoms with van der Waals surface area (Å²) in [6.45, 7) is 4.97. The maximum atomic E-state index is 11.9. The zero-order chi connectivity index (χ0) is 11.4. The van der Waals surface area contributed by atoms with Gasteiger partial charge in [0.25, 0.3) is 0 Å². The van der Waals surface area contributed by atoms with Crippen molar-refractivity contribution < 1.29 is 9.53 Å². The lowest BCUT2D eigenvalue weighted by Crippen LogP contribution is -2.53. The molecule has 0 unspecified atom stereocenters. The molecule has 2 aliphatic rings. The van der Waals surface area contributed by atoms with Crippen LogP contribution in [0.25, 0.3) is 0 Å². The van der Waals surface area contributed by atoms with Gasteiger partial charge in [-0.2, -0.15) is 0 Å². The molecule has 0 aromatic rings. The molecule has 4 nitrogen and oxygen atoms in total. The fourth-order valence-corrected chi connectivity index (χ4v) is 2.54. The molecule has 0 spiro atoms. The van der Waals surface area contributed by atoms with Crippen LogP contribution in [0.15, 0.2) is 0 Å². The predicted molar refractivity (Wildman–Crippen MR) is 69.5 cm³/mol. The molecule has 0 aromatic heterocycles. The fourth-order valence-electron chi connectivity index (χ4n) is 2.54. The van der Waals surface area contributed by atoms with E-state index in [1.807, 2.05) is 4.90 Å². The second-order valence-corrected chi connectivity index (χ2v) is 4.86. The standard InChI is InChI=1S/C12H22N2O2.ClH/c1-10-8-13-6-7-14(10)12(15)9-16-11-4-2-3-5-11;/h10-11,13H,2-9H2,1H3;1H/t10-;/m1./s1. The molecular weight excluding hydrogens is 240 g/mol. The van der Waals surface area contributed by atoms with Crippen LogP contribution in [-0.2, 0) is 9.53 Å². The highest BCUT2D eigenvalue weighted by atomic mass is 35.5. The third-order valence-electron chi connectivity index (χ3n) is 3.57. The van der Waals surface area contributed by atoms with Crippen molar-refractivity contribution in [2.45, 2.75) is 44.8 Å². The van der Waals surface area contributed by atoms with Gasteiger partial charge in [0, 0.05) is 25.7 Å². The van der Waals surface area contributed by atoms with Gasteiger partial charge in [-0.3, -0.25) is 4.79 Å². The Kier molecular flexibility index (Phi) is 6.23. The fraction of sp³-hybridized carbons (Fsp3) is 0.917. The van der Waals surface area contributed by atoms with Crippen molar-refractivity contribution >= 4 is 18.3 Å². The minimum atomic E-state index is 0. The average Bonchev–Trinajstić information content (AvgIpc) is 2.79. The van der Waals surface area contributed by atoms with E-state index in [1.165, 1.54) is 12.8 Å². The molecule has 2 rings (SSSR count). The summed E-state index contributed by atoms with van der Waals surface area (Å²) in [7, 11) is 0. The Morgan fingerprint density at radius 2 is 2.12 bits per heavy atom. The van der Waals surface area contributed by atoms with E-state index in [1.54, 1.807) is 0 Å². The Labute approximate surface area is 109 Å². The lowest BCUT2D eigenvalue weighted by molar-refractivity contribution is -0.140. The first-order valence-electron chi connectivity index (χ1n) is 6.39. The highest BCUT2D eigenvalue weighted by molar-refractivity contribution is 5.85. The Hall–Kier alpha value is -0.320. The average molecular weight is 263 g/mol. The number of nitrogens with zero attached hydrogens (tertiary/aromatic N) is 1. The van der Waals surface area contributed by atoms with Crippen molar-refractivity contribution in [1.29, 1.82) is 0 Å². The van der Waals surface area contributed by atoms with E-state index in [0.29, 0.717) is 12.1 Å². The second-order valence-electron chi connectivity index (χ2n) is 4.86. The number of hydrogen-bond acceptors (Lipinski definition) is 3. The molecule has 2 fully saturated rings. The van der Waals surface area contributed by atoms with Crippen LogP contribution < -0.4 is 5.32 Å². The van der Waals surface area contributed by atoms with Gasteiger partial charge < -0.3 is 15.0 Å². The van der Waals surface area contributed by atoms with Gasteiger partial charge in [-0.1, -0.05) is 12.8 Å². The van der Waals surface area contributed by atoms with Gasteiger partial charge in [0.05, 0.1) is 6.10 Å². The number of rotatable bonds is 3. The van der Waals surface area contributed by atoms with Crippen molar-refractivity contribution in [1.82, 2.24) is 10.2 Å². The van der Waals surface area contributed by atoms with E-state index in [0.717, 1.165) is 32.5 Å². The predicted octanol–water partition coefficient (Wildman–Crippen LogP) is 1.19. The molecule has 100 valence electrons. The monoisotopic (exact) mass is 262 g/mol. The smallest absolute Gasteiger partial charge is 0.248 e. The summed E-state index contributed by atoms with van der Waals surface area (Å²) in [6, 6.07) is 0.299. The lowest BCUT2D eigenvalue weighted by atomic mass is 10.2. The first kappa shape index (κ1) is 14.7. The molecular formula is C12H23ClN2O2. The second kappa shape index (κ2) is 7.19. The lowest BCUT2D eigenvalue weighted by Gasteiger charge is -2.34. The Bertz CT molecular complexity index is 245. The molecule has 0 aromatic carbocycles. The number of carbonyl (C=O) groups is 1. The number of halogens is 1. The molecule has 1 saturated heterocycles. The zero-order valence-corrected chi connectivity index (χ0v) is 11.3. The molecule has 17 heavy (non-hydrogen) atoms. The quantitative estimate of drug-likeness (QED) is 0.831. The number of piperazine rings is 1. The van der Waals surface area contributed by atoms with Crippen molar-refractivity contribution in [2.24, 2.45) is 0 Å². The highest BCUT2D eigenvalue weighted by Crippen LogP contribution is 2.20. The molecule has 5 heteroatoms. The largest absolute Gasteiger partial charge is 0.368 e. The van der Waals surface area contributed by atoms with Crippen LogP contribution in [0, 0.1) is 0 Å². The number of ether oxygens (including phenoxy) is 1. The van der Waals surface area contributed by atoms with Crippen molar-refractivity contribution in [2.75, 3.05) is 26.2 Å². The van der Waals surface area contributed by atoms with Gasteiger partial charge >= 0.3 is 0 Å². The van der Waals surface area contributed by atoms with Crippen LogP contribution in [0.3, 0.4) is 0 Å². The van der Waals surface area contributed by atoms with Crippen LogP contribution in [-0.4, -0.2) is 49.2 Å². The highest BCUT2D eigenvalue weighted by Gasteiger charge is 2.24. The van der Waals surface area contributed by atoms with Crippen LogP contribution >= 0.6 is 12.4 Å². The summed E-state index contributed by atoms with van der Waals surface area (Å²) >= 11 is 0. The van der Waals surface area contributed by atoms with Gasteiger partial charge in [0.2, 0.25) is 5.91 Å². The van der Waals surface area contributed by atoms with Gasteiger partial charge in [-0.15, -0.1) is 12.4 Å². The summed E-state index contributed by atoms with van der Waals surface area (Å²) in [5.74, 6) is 0.154. The topological polar surface area (TPSA) is 41.6 Å². The van der Waals surface area contributed by atoms with E-state index in [-0.39, 0.29) is 24.9 Å². The van der Waals surface area contributed by atoms with E-state index in [2.05, 4.69) is 12.2 Å². The van der Waals surface area contributed by atoms with Crippen molar-refractivity contribution in [3.8, 4) is 0 Å². The Morgan fingerprint density at radius 3 is 2.76 bits per heavy atom. The molecule has 1 aliphatic heterocycles. The molecule has 1 amide bonds. The minimum absolute atomic E-state index is 0. The summed E-state index contributed by atoms with van der Waals surface area (Å²) in [4.78, 5) is 13.9. The van der Waals surface area contributed by atoms with Crippen molar-refractivity contribution in [3.05, 3.63) is 0 Å². The summed E-state index contributed by atoms with van der Waals surface area (Å²) in [6.07, 6.45) is 5.10. The molecule has 1 N–H and O–H groups in total. The van der Waals surface area contributed by atoms with E-state index in [4.69, 9.17) is 4.74 Å². The molecule has 0 bridgehead atoms. The molecule has 1 heterocycles. The van der Waals surface area contributed by atoms with Crippen LogP contribution in [0.2, 0.25) is 0 Å². The normalized spacial score (nSPS) is 25.7. The van der Waals surface area contributed by atoms with E-state index in [9.17, 15) is 4.79 Å². The number of amides is 1. The van der Waals surface area contributed by atoms with E-state index < -0.39 is 0 Å². The SMILES string of the molecule is C[C@@H]1CNCCN1C(=O)COC1CCCC1.Cl. The number of hydrogen-bond donors (Lipinski definition) is 1. The molecule has 0 radical (unpaired) electrons. The Morgan fingerprint density at radius 1 is 1.41 bits per heavy atom. The minimum Gasteiger partial charge on any atom is -0.368 e. The van der Waals surface area contributed by atoms with Gasteiger partial charge in [-0.25, -0.2) is 0 Å². The van der Waals surface area contributed by atoms with Gasteiger partial charge in [0.1, 0.15) is 6.61 Å². The summed E-state index contributed by atoms with van der Waals surface area (Å²) in [5.41, 5.74) is 0. The zero-order valence-electron chi connectivity index (χ0n) is 10.5. The molecule has 1 aliphatic carbocycles. The molecule has 1 saturated carbocycles. The summed E-state index contributed by atoms with van der Waals surface area (Å²) in [5, 5.41) is 3.28. The maximum absolute atomic E-state index is 11.9. The third kappa shape index (κ3) is 4.12. The first-order chi connectivity index (χ1) is 7.77. The van der Waals surface area contributed by atoms with E-state index >= 15 is 0 Å². The maximum Gasteiger partial charge on any atom is 0.248 e. The molecule has 1 atom stereocenters. The van der Waals surface area contributed by atoms with Crippen LogP contribution in [0.1, 0.15) is 32.6 Å². The third-order valence-corrected chi connectivity index (χ3v) is 3.57. The number of nitrogens with one attached hydrogen (secondary N) is 1. The Balaban J connectivity index is 0.00000144.